The van der Waals surface area contributed by atoms with Crippen LogP contribution in [0.4, 0.5) is 0 Å². The smallest absolute Gasteiger partial charge is 0.326 e. The Bertz CT molecular complexity index is 1190. The number of benzene rings is 2. The van der Waals surface area contributed by atoms with Crippen LogP contribution in [-0.2, 0) is 36.8 Å². The average molecular weight is 570 g/mol. The van der Waals surface area contributed by atoms with Crippen molar-refractivity contribution in [1.29, 1.82) is 0 Å². The number of nitrogens with two attached hydrogens (primary N) is 2. The van der Waals surface area contributed by atoms with E-state index in [1.165, 1.54) is 12.1 Å². The average Bonchev–Trinajstić information content (AvgIpc) is 2.94. The summed E-state index contributed by atoms with van der Waals surface area (Å²) in [4.78, 5) is 62.7. The lowest BCUT2D eigenvalue weighted by Crippen LogP contribution is -2.58. The molecule has 0 aromatic heterocycles. The summed E-state index contributed by atoms with van der Waals surface area (Å²) < 4.78 is 0. The van der Waals surface area contributed by atoms with Gasteiger partial charge in [-0.1, -0.05) is 62.7 Å². The predicted octanol–water partition coefficient (Wildman–Crippen LogP) is 0.355. The van der Waals surface area contributed by atoms with Crippen LogP contribution in [0.3, 0.4) is 0 Å². The van der Waals surface area contributed by atoms with Gasteiger partial charge in [0.2, 0.25) is 23.6 Å². The van der Waals surface area contributed by atoms with Crippen molar-refractivity contribution in [2.24, 2.45) is 17.4 Å². The van der Waals surface area contributed by atoms with Crippen molar-refractivity contribution in [3.63, 3.8) is 0 Å². The van der Waals surface area contributed by atoms with Crippen LogP contribution < -0.4 is 27.4 Å². The molecule has 0 heterocycles. The molecule has 2 aromatic carbocycles. The number of carbonyl (C=O) groups excluding carboxylic acids is 4. The maximum Gasteiger partial charge on any atom is 0.326 e. The standard InChI is InChI=1S/C29H39N5O7/c1-3-17(2)25(31)28(39)34-23(16-19-9-11-20(35)12-10-19)27(38)33-22(15-18-7-5-4-6-8-18)26(37)32-21(29(40)41)13-14-24(30)36/h4-12,17,21-23,25,35H,3,13-16,31H2,1-2H3,(H2,30,36)(H,32,37)(H,33,38)(H,34,39)(H,40,41). The summed E-state index contributed by atoms with van der Waals surface area (Å²) in [6, 6.07) is 10.2. The molecule has 0 aliphatic heterocycles. The third-order valence-corrected chi connectivity index (χ3v) is 6.78. The molecule has 9 N–H and O–H groups in total. The summed E-state index contributed by atoms with van der Waals surface area (Å²) in [7, 11) is 0. The van der Waals surface area contributed by atoms with Crippen LogP contribution in [0.1, 0.15) is 44.2 Å². The molecule has 12 heteroatoms. The summed E-state index contributed by atoms with van der Waals surface area (Å²) in [5, 5.41) is 26.9. The van der Waals surface area contributed by atoms with E-state index >= 15 is 0 Å². The quantitative estimate of drug-likeness (QED) is 0.149. The summed E-state index contributed by atoms with van der Waals surface area (Å²) in [5.74, 6) is -4.23. The second kappa shape index (κ2) is 16.0. The Kier molecular flexibility index (Phi) is 12.8. The van der Waals surface area contributed by atoms with E-state index < -0.39 is 53.8 Å². The highest BCUT2D eigenvalue weighted by Crippen LogP contribution is 2.13. The van der Waals surface area contributed by atoms with E-state index in [0.717, 1.165) is 0 Å². The van der Waals surface area contributed by atoms with Gasteiger partial charge in [-0.25, -0.2) is 4.79 Å². The topological polar surface area (TPSA) is 214 Å². The molecule has 12 nitrogen and oxygen atoms in total. The van der Waals surface area contributed by atoms with E-state index in [1.54, 1.807) is 42.5 Å². The Morgan fingerprint density at radius 2 is 1.27 bits per heavy atom. The minimum Gasteiger partial charge on any atom is -0.508 e. The van der Waals surface area contributed by atoms with Crippen molar-refractivity contribution in [3.8, 4) is 5.75 Å². The van der Waals surface area contributed by atoms with Gasteiger partial charge in [-0.15, -0.1) is 0 Å². The van der Waals surface area contributed by atoms with Crippen molar-refractivity contribution in [2.45, 2.75) is 70.1 Å². The molecule has 0 aliphatic carbocycles. The molecule has 0 saturated carbocycles. The number of phenols is 1. The van der Waals surface area contributed by atoms with Crippen molar-refractivity contribution in [2.75, 3.05) is 0 Å². The van der Waals surface area contributed by atoms with E-state index in [0.29, 0.717) is 17.5 Å². The van der Waals surface area contributed by atoms with E-state index in [9.17, 15) is 34.2 Å². The number of rotatable bonds is 16. The zero-order chi connectivity index (χ0) is 30.5. The van der Waals surface area contributed by atoms with Crippen LogP contribution in [-0.4, -0.2) is 64.0 Å². The third-order valence-electron chi connectivity index (χ3n) is 6.78. The van der Waals surface area contributed by atoms with E-state index in [4.69, 9.17) is 11.5 Å². The molecule has 41 heavy (non-hydrogen) atoms. The van der Waals surface area contributed by atoms with Gasteiger partial charge in [-0.3, -0.25) is 19.2 Å². The van der Waals surface area contributed by atoms with Crippen LogP contribution in [0.2, 0.25) is 0 Å². The number of nitrogens with one attached hydrogen (secondary N) is 3. The van der Waals surface area contributed by atoms with Gasteiger partial charge in [0, 0.05) is 19.3 Å². The highest BCUT2D eigenvalue weighted by Gasteiger charge is 2.31. The van der Waals surface area contributed by atoms with Crippen molar-refractivity contribution < 1.29 is 34.2 Å². The van der Waals surface area contributed by atoms with Gasteiger partial charge in [0.25, 0.3) is 0 Å². The number of hydrogen-bond acceptors (Lipinski definition) is 7. The van der Waals surface area contributed by atoms with Gasteiger partial charge in [0.15, 0.2) is 0 Å². The van der Waals surface area contributed by atoms with Crippen LogP contribution in [0.25, 0.3) is 0 Å². The number of hydrogen-bond donors (Lipinski definition) is 7. The highest BCUT2D eigenvalue weighted by molar-refractivity contribution is 5.94. The molecule has 2 rings (SSSR count). The first-order chi connectivity index (χ1) is 19.4. The summed E-state index contributed by atoms with van der Waals surface area (Å²) >= 11 is 0. The molecule has 5 atom stereocenters. The van der Waals surface area contributed by atoms with E-state index in [2.05, 4.69) is 16.0 Å². The first-order valence-electron chi connectivity index (χ1n) is 13.4. The Hall–Kier alpha value is -4.45. The maximum atomic E-state index is 13.6. The van der Waals surface area contributed by atoms with Gasteiger partial charge in [-0.2, -0.15) is 0 Å². The number of aliphatic carboxylic acids is 1. The van der Waals surface area contributed by atoms with E-state index in [-0.39, 0.29) is 37.4 Å². The molecule has 0 aliphatic rings. The lowest BCUT2D eigenvalue weighted by molar-refractivity contribution is -0.142. The number of carboxylic acids is 1. The Balaban J connectivity index is 2.33. The van der Waals surface area contributed by atoms with Gasteiger partial charge in [0.1, 0.15) is 23.9 Å². The Morgan fingerprint density at radius 3 is 1.76 bits per heavy atom. The lowest BCUT2D eigenvalue weighted by Gasteiger charge is -2.26. The number of carboxylic acid groups (broad SMARTS) is 1. The number of phenolic OH excluding ortho intramolecular Hbond substituents is 1. The van der Waals surface area contributed by atoms with Crippen molar-refractivity contribution >= 4 is 29.6 Å². The molecule has 0 fully saturated rings. The SMILES string of the molecule is CCC(C)C(N)C(=O)NC(Cc1ccc(O)cc1)C(=O)NC(Cc1ccccc1)C(=O)NC(CCC(N)=O)C(=O)O. The highest BCUT2D eigenvalue weighted by atomic mass is 16.4. The molecule has 2 aromatic rings. The van der Waals surface area contributed by atoms with Crippen LogP contribution in [0.5, 0.6) is 5.75 Å². The van der Waals surface area contributed by atoms with E-state index in [1.807, 2.05) is 13.8 Å². The monoisotopic (exact) mass is 569 g/mol. The number of aromatic hydroxyl groups is 1. The molecule has 222 valence electrons. The molecule has 0 radical (unpaired) electrons. The number of carbonyl (C=O) groups is 5. The fourth-order valence-electron chi connectivity index (χ4n) is 4.00. The van der Waals surface area contributed by atoms with Gasteiger partial charge >= 0.3 is 5.97 Å². The maximum absolute atomic E-state index is 13.6. The van der Waals surface area contributed by atoms with Crippen LogP contribution >= 0.6 is 0 Å². The molecular formula is C29H39N5O7. The minimum absolute atomic E-state index is 0.0207. The van der Waals surface area contributed by atoms with Gasteiger partial charge < -0.3 is 37.6 Å². The second-order valence-corrected chi connectivity index (χ2v) is 10.00. The van der Waals surface area contributed by atoms with Gasteiger partial charge in [0.05, 0.1) is 6.04 Å². The van der Waals surface area contributed by atoms with Gasteiger partial charge in [-0.05, 0) is 35.6 Å². The Morgan fingerprint density at radius 1 is 0.780 bits per heavy atom. The minimum atomic E-state index is -1.41. The van der Waals surface area contributed by atoms with Crippen molar-refractivity contribution in [1.82, 2.24) is 16.0 Å². The van der Waals surface area contributed by atoms with Crippen LogP contribution in [0, 0.1) is 5.92 Å². The fraction of sp³-hybridized carbons (Fsp3) is 0.414. The summed E-state index contributed by atoms with van der Waals surface area (Å²) in [5.41, 5.74) is 12.5. The molecule has 0 bridgehead atoms. The molecule has 0 spiro atoms. The number of primary amides is 1. The fourth-order valence-corrected chi connectivity index (χ4v) is 4.00. The molecule has 4 amide bonds. The zero-order valence-corrected chi connectivity index (χ0v) is 23.2. The first-order valence-corrected chi connectivity index (χ1v) is 13.4. The largest absolute Gasteiger partial charge is 0.508 e. The predicted molar refractivity (Wildman–Crippen MR) is 151 cm³/mol. The molecular weight excluding hydrogens is 530 g/mol. The Labute approximate surface area is 238 Å². The summed E-state index contributed by atoms with van der Waals surface area (Å²) in [6.07, 6.45) is 0.205. The zero-order valence-electron chi connectivity index (χ0n) is 23.2. The molecule has 0 saturated heterocycles. The third kappa shape index (κ3) is 10.9. The van der Waals surface area contributed by atoms with Crippen molar-refractivity contribution in [3.05, 3.63) is 65.7 Å². The normalized spacial score (nSPS) is 14.5. The number of amides is 4. The molecule has 5 unspecified atom stereocenters. The first kappa shape index (κ1) is 32.8. The second-order valence-electron chi connectivity index (χ2n) is 10.00. The summed E-state index contributed by atoms with van der Waals surface area (Å²) in [6.45, 7) is 3.70. The lowest BCUT2D eigenvalue weighted by atomic mass is 9.98. The van der Waals surface area contributed by atoms with Crippen LogP contribution in [0.15, 0.2) is 54.6 Å².